The molecule has 0 bridgehead atoms. The summed E-state index contributed by atoms with van der Waals surface area (Å²) in [7, 11) is 0. The van der Waals surface area contributed by atoms with Crippen LogP contribution in [0.5, 0.6) is 11.5 Å². The number of carbonyl (C=O) groups excluding carboxylic acids is 2. The van der Waals surface area contributed by atoms with Gasteiger partial charge in [0.05, 0.1) is 12.8 Å². The number of nitrogens with zero attached hydrogens (tertiary/aromatic N) is 1. The van der Waals surface area contributed by atoms with Crippen molar-refractivity contribution in [1.29, 1.82) is 5.26 Å². The molecule has 0 unspecified atom stereocenters. The van der Waals surface area contributed by atoms with Crippen molar-refractivity contribution >= 4 is 18.0 Å². The second-order valence-corrected chi connectivity index (χ2v) is 6.72. The number of ether oxygens (including phenoxy) is 2. The Morgan fingerprint density at radius 1 is 1.09 bits per heavy atom. The van der Waals surface area contributed by atoms with Crippen LogP contribution in [-0.4, -0.2) is 18.5 Å². The average molecular weight is 430 g/mol. The SMILES string of the molecule is CCc1ccccc1OCC(=O)Oc1ccc(/C=C(\C#N)C(=O)NCc2ccco2)cc1. The molecule has 0 saturated carbocycles. The number of nitriles is 1. The number of amides is 1. The lowest BCUT2D eigenvalue weighted by molar-refractivity contribution is -0.136. The number of carbonyl (C=O) groups is 2. The van der Waals surface area contributed by atoms with Gasteiger partial charge in [-0.05, 0) is 54.0 Å². The van der Waals surface area contributed by atoms with Crippen LogP contribution in [0.2, 0.25) is 0 Å². The molecule has 1 aromatic heterocycles. The monoisotopic (exact) mass is 430 g/mol. The van der Waals surface area contributed by atoms with Crippen LogP contribution in [0.1, 0.15) is 23.8 Å². The second kappa shape index (κ2) is 11.2. The Labute approximate surface area is 185 Å². The van der Waals surface area contributed by atoms with Crippen LogP contribution in [0, 0.1) is 11.3 Å². The molecule has 0 saturated heterocycles. The predicted molar refractivity (Wildman–Crippen MR) is 118 cm³/mol. The number of nitrogens with one attached hydrogen (secondary N) is 1. The van der Waals surface area contributed by atoms with E-state index in [0.717, 1.165) is 12.0 Å². The molecule has 32 heavy (non-hydrogen) atoms. The first-order valence-electron chi connectivity index (χ1n) is 10.0. The number of aryl methyl sites for hydroxylation is 1. The van der Waals surface area contributed by atoms with Crippen molar-refractivity contribution in [1.82, 2.24) is 5.32 Å². The molecule has 162 valence electrons. The van der Waals surface area contributed by atoms with E-state index >= 15 is 0 Å². The van der Waals surface area contributed by atoms with E-state index in [1.807, 2.05) is 37.3 Å². The van der Waals surface area contributed by atoms with Gasteiger partial charge in [-0.3, -0.25) is 4.79 Å². The normalized spacial score (nSPS) is 10.8. The third kappa shape index (κ3) is 6.34. The summed E-state index contributed by atoms with van der Waals surface area (Å²) in [4.78, 5) is 24.3. The summed E-state index contributed by atoms with van der Waals surface area (Å²) in [5.41, 5.74) is 1.57. The van der Waals surface area contributed by atoms with E-state index in [2.05, 4.69) is 5.32 Å². The summed E-state index contributed by atoms with van der Waals surface area (Å²) >= 11 is 0. The topological polar surface area (TPSA) is 102 Å². The average Bonchev–Trinajstić information content (AvgIpc) is 3.34. The Kier molecular flexibility index (Phi) is 7.82. The molecule has 3 rings (SSSR count). The predicted octanol–water partition coefficient (Wildman–Crippen LogP) is 4.05. The van der Waals surface area contributed by atoms with Gasteiger partial charge in [0.1, 0.15) is 28.9 Å². The van der Waals surface area contributed by atoms with Gasteiger partial charge in [-0.2, -0.15) is 5.26 Å². The lowest BCUT2D eigenvalue weighted by atomic mass is 10.1. The van der Waals surface area contributed by atoms with Crippen molar-refractivity contribution < 1.29 is 23.5 Å². The molecule has 7 heteroatoms. The van der Waals surface area contributed by atoms with Crippen LogP contribution in [-0.2, 0) is 22.6 Å². The summed E-state index contributed by atoms with van der Waals surface area (Å²) in [6.45, 7) is 1.98. The molecule has 1 heterocycles. The van der Waals surface area contributed by atoms with Crippen LogP contribution in [0.4, 0.5) is 0 Å². The minimum absolute atomic E-state index is 0.0516. The van der Waals surface area contributed by atoms with Gasteiger partial charge < -0.3 is 19.2 Å². The minimum Gasteiger partial charge on any atom is -0.482 e. The molecule has 0 fully saturated rings. The first-order chi connectivity index (χ1) is 15.6. The van der Waals surface area contributed by atoms with E-state index in [9.17, 15) is 14.9 Å². The fraction of sp³-hybridized carbons (Fsp3) is 0.160. The van der Waals surface area contributed by atoms with E-state index < -0.39 is 11.9 Å². The molecule has 2 aromatic carbocycles. The zero-order chi connectivity index (χ0) is 22.8. The van der Waals surface area contributed by atoms with Crippen molar-refractivity contribution in [2.24, 2.45) is 0 Å². The van der Waals surface area contributed by atoms with Gasteiger partial charge >= 0.3 is 5.97 Å². The molecule has 1 N–H and O–H groups in total. The second-order valence-electron chi connectivity index (χ2n) is 6.72. The number of esters is 1. The maximum atomic E-state index is 12.2. The maximum absolute atomic E-state index is 12.2. The Bertz CT molecular complexity index is 1130. The smallest absolute Gasteiger partial charge is 0.349 e. The van der Waals surface area contributed by atoms with E-state index in [-0.39, 0.29) is 18.7 Å². The molecule has 7 nitrogen and oxygen atoms in total. The molecular formula is C25H22N2O5. The van der Waals surface area contributed by atoms with Gasteiger partial charge in [0.15, 0.2) is 6.61 Å². The Morgan fingerprint density at radius 3 is 2.56 bits per heavy atom. The summed E-state index contributed by atoms with van der Waals surface area (Å²) < 4.78 is 16.0. The number of rotatable bonds is 9. The highest BCUT2D eigenvalue weighted by molar-refractivity contribution is 6.01. The summed E-state index contributed by atoms with van der Waals surface area (Å²) in [5.74, 6) is 0.532. The zero-order valence-electron chi connectivity index (χ0n) is 17.5. The van der Waals surface area contributed by atoms with Crippen LogP contribution in [0.3, 0.4) is 0 Å². The zero-order valence-corrected chi connectivity index (χ0v) is 17.5. The van der Waals surface area contributed by atoms with Crippen LogP contribution < -0.4 is 14.8 Å². The number of hydrogen-bond acceptors (Lipinski definition) is 6. The Hall–Kier alpha value is -4.31. The molecule has 0 atom stereocenters. The molecule has 1 amide bonds. The van der Waals surface area contributed by atoms with Crippen molar-refractivity contribution in [2.75, 3.05) is 6.61 Å². The molecule has 0 radical (unpaired) electrons. The molecule has 0 aliphatic heterocycles. The van der Waals surface area contributed by atoms with Gasteiger partial charge in [-0.25, -0.2) is 4.79 Å². The Balaban J connectivity index is 1.54. The quantitative estimate of drug-likeness (QED) is 0.238. The van der Waals surface area contributed by atoms with E-state index in [0.29, 0.717) is 22.8 Å². The highest BCUT2D eigenvalue weighted by Gasteiger charge is 2.11. The lowest BCUT2D eigenvalue weighted by Gasteiger charge is -2.10. The first-order valence-corrected chi connectivity index (χ1v) is 10.0. The minimum atomic E-state index is -0.533. The number of hydrogen-bond donors (Lipinski definition) is 1. The van der Waals surface area contributed by atoms with Gasteiger partial charge in [0.2, 0.25) is 0 Å². The summed E-state index contributed by atoms with van der Waals surface area (Å²) in [6.07, 6.45) is 3.76. The van der Waals surface area contributed by atoms with Gasteiger partial charge in [-0.15, -0.1) is 0 Å². The Morgan fingerprint density at radius 2 is 1.88 bits per heavy atom. The number of furan rings is 1. The van der Waals surface area contributed by atoms with Gasteiger partial charge in [0, 0.05) is 0 Å². The molecule has 0 aliphatic rings. The van der Waals surface area contributed by atoms with Crippen LogP contribution in [0.25, 0.3) is 6.08 Å². The standard InChI is InChI=1S/C25H22N2O5/c1-2-19-6-3-4-8-23(19)31-17-24(28)32-21-11-9-18(10-12-21)14-20(15-26)25(29)27-16-22-7-5-13-30-22/h3-14H,2,16-17H2,1H3,(H,27,29)/b20-14+. The third-order valence-corrected chi connectivity index (χ3v) is 4.49. The molecular weight excluding hydrogens is 408 g/mol. The number of benzene rings is 2. The molecule has 3 aromatic rings. The third-order valence-electron chi connectivity index (χ3n) is 4.49. The first kappa shape index (κ1) is 22.4. The van der Waals surface area contributed by atoms with Gasteiger partial charge in [0.25, 0.3) is 5.91 Å². The van der Waals surface area contributed by atoms with Crippen molar-refractivity contribution in [3.8, 4) is 17.6 Å². The van der Waals surface area contributed by atoms with Crippen LogP contribution in [0.15, 0.2) is 76.9 Å². The maximum Gasteiger partial charge on any atom is 0.349 e. The van der Waals surface area contributed by atoms with E-state index in [1.54, 1.807) is 36.4 Å². The van der Waals surface area contributed by atoms with Crippen molar-refractivity contribution in [2.45, 2.75) is 19.9 Å². The molecule has 0 aliphatic carbocycles. The van der Waals surface area contributed by atoms with Gasteiger partial charge in [-0.1, -0.05) is 37.3 Å². The van der Waals surface area contributed by atoms with E-state index in [4.69, 9.17) is 13.9 Å². The largest absolute Gasteiger partial charge is 0.482 e. The van der Waals surface area contributed by atoms with Crippen molar-refractivity contribution in [3.05, 3.63) is 89.4 Å². The fourth-order valence-electron chi connectivity index (χ4n) is 2.86. The van der Waals surface area contributed by atoms with Crippen molar-refractivity contribution in [3.63, 3.8) is 0 Å². The molecule has 0 spiro atoms. The summed E-state index contributed by atoms with van der Waals surface area (Å²) in [5, 5.41) is 11.9. The highest BCUT2D eigenvalue weighted by Crippen LogP contribution is 2.19. The van der Waals surface area contributed by atoms with Crippen LogP contribution >= 0.6 is 0 Å². The fourth-order valence-corrected chi connectivity index (χ4v) is 2.86. The summed E-state index contributed by atoms with van der Waals surface area (Å²) in [6, 6.07) is 19.3. The van der Waals surface area contributed by atoms with E-state index in [1.165, 1.54) is 12.3 Å². The number of para-hydroxylation sites is 1. The lowest BCUT2D eigenvalue weighted by Crippen LogP contribution is -2.23. The highest BCUT2D eigenvalue weighted by atomic mass is 16.6.